The molecular formula is C14H23NO. The Morgan fingerprint density at radius 3 is 2.56 bits per heavy atom. The standard InChI is InChI=1S/C14H23NO/c1-3-4-11-16-12-10-14(15-2)13-8-6-5-7-9-13/h5-9,14-15H,3-4,10-12H2,1-2H3. The van der Waals surface area contributed by atoms with Crippen LogP contribution in [-0.2, 0) is 4.74 Å². The van der Waals surface area contributed by atoms with E-state index in [0.29, 0.717) is 6.04 Å². The zero-order valence-corrected chi connectivity index (χ0v) is 10.4. The average molecular weight is 221 g/mol. The summed E-state index contributed by atoms with van der Waals surface area (Å²) in [6, 6.07) is 10.9. The van der Waals surface area contributed by atoms with Gasteiger partial charge in [-0.3, -0.25) is 0 Å². The average Bonchev–Trinajstić information content (AvgIpc) is 2.35. The third kappa shape index (κ3) is 4.77. The highest BCUT2D eigenvalue weighted by atomic mass is 16.5. The summed E-state index contributed by atoms with van der Waals surface area (Å²) >= 11 is 0. The fourth-order valence-corrected chi connectivity index (χ4v) is 1.71. The summed E-state index contributed by atoms with van der Waals surface area (Å²) in [7, 11) is 2.00. The number of benzene rings is 1. The van der Waals surface area contributed by atoms with Crippen molar-refractivity contribution in [1.82, 2.24) is 5.32 Å². The molecule has 0 saturated carbocycles. The summed E-state index contributed by atoms with van der Waals surface area (Å²) in [6.07, 6.45) is 3.40. The molecule has 2 nitrogen and oxygen atoms in total. The molecule has 0 saturated heterocycles. The highest BCUT2D eigenvalue weighted by molar-refractivity contribution is 5.18. The molecule has 1 aromatic carbocycles. The van der Waals surface area contributed by atoms with E-state index in [4.69, 9.17) is 4.74 Å². The van der Waals surface area contributed by atoms with Gasteiger partial charge < -0.3 is 10.1 Å². The first-order chi connectivity index (χ1) is 7.88. The smallest absolute Gasteiger partial charge is 0.0484 e. The van der Waals surface area contributed by atoms with Gasteiger partial charge in [0.2, 0.25) is 0 Å². The van der Waals surface area contributed by atoms with E-state index in [1.807, 2.05) is 13.1 Å². The van der Waals surface area contributed by atoms with Crippen molar-refractivity contribution >= 4 is 0 Å². The molecule has 0 aromatic heterocycles. The fourth-order valence-electron chi connectivity index (χ4n) is 1.71. The predicted molar refractivity (Wildman–Crippen MR) is 68.6 cm³/mol. The summed E-state index contributed by atoms with van der Waals surface area (Å²) in [5, 5.41) is 3.33. The van der Waals surface area contributed by atoms with E-state index in [2.05, 4.69) is 36.5 Å². The largest absolute Gasteiger partial charge is 0.381 e. The van der Waals surface area contributed by atoms with Gasteiger partial charge in [-0.25, -0.2) is 0 Å². The van der Waals surface area contributed by atoms with E-state index in [1.54, 1.807) is 0 Å². The van der Waals surface area contributed by atoms with Crippen LogP contribution in [-0.4, -0.2) is 20.3 Å². The van der Waals surface area contributed by atoms with Gasteiger partial charge in [0.05, 0.1) is 0 Å². The molecule has 0 radical (unpaired) electrons. The minimum atomic E-state index is 0.405. The van der Waals surface area contributed by atoms with E-state index < -0.39 is 0 Å². The van der Waals surface area contributed by atoms with Crippen molar-refractivity contribution < 1.29 is 4.74 Å². The second-order valence-electron chi connectivity index (χ2n) is 4.01. The maximum Gasteiger partial charge on any atom is 0.0484 e. The van der Waals surface area contributed by atoms with Gasteiger partial charge in [-0.15, -0.1) is 0 Å². The van der Waals surface area contributed by atoms with Crippen LogP contribution < -0.4 is 5.32 Å². The van der Waals surface area contributed by atoms with Gasteiger partial charge in [-0.05, 0) is 25.5 Å². The van der Waals surface area contributed by atoms with Crippen LogP contribution in [0.15, 0.2) is 30.3 Å². The second kappa shape index (κ2) is 8.31. The lowest BCUT2D eigenvalue weighted by Crippen LogP contribution is -2.18. The number of ether oxygens (including phenoxy) is 1. The minimum absolute atomic E-state index is 0.405. The number of hydrogen-bond donors (Lipinski definition) is 1. The maximum atomic E-state index is 5.59. The first-order valence-corrected chi connectivity index (χ1v) is 6.18. The first-order valence-electron chi connectivity index (χ1n) is 6.18. The molecule has 1 rings (SSSR count). The van der Waals surface area contributed by atoms with Crippen molar-refractivity contribution in [2.75, 3.05) is 20.3 Å². The predicted octanol–water partition coefficient (Wildman–Crippen LogP) is 3.15. The van der Waals surface area contributed by atoms with Crippen molar-refractivity contribution in [2.24, 2.45) is 0 Å². The Morgan fingerprint density at radius 1 is 1.19 bits per heavy atom. The summed E-state index contributed by atoms with van der Waals surface area (Å²) in [5.41, 5.74) is 1.34. The Morgan fingerprint density at radius 2 is 1.94 bits per heavy atom. The van der Waals surface area contributed by atoms with Crippen LogP contribution in [0.25, 0.3) is 0 Å². The Balaban J connectivity index is 2.27. The van der Waals surface area contributed by atoms with Crippen LogP contribution in [0, 0.1) is 0 Å². The summed E-state index contributed by atoms with van der Waals surface area (Å²) in [4.78, 5) is 0. The SMILES string of the molecule is CCCCOCCC(NC)c1ccccc1. The first kappa shape index (κ1) is 13.2. The van der Waals surface area contributed by atoms with Crippen LogP contribution >= 0.6 is 0 Å². The van der Waals surface area contributed by atoms with E-state index in [-0.39, 0.29) is 0 Å². The lowest BCUT2D eigenvalue weighted by atomic mass is 10.0. The molecule has 0 bridgehead atoms. The Labute approximate surface area is 99.0 Å². The Kier molecular flexibility index (Phi) is 6.86. The van der Waals surface area contributed by atoms with E-state index >= 15 is 0 Å². The summed E-state index contributed by atoms with van der Waals surface area (Å²) in [5.74, 6) is 0. The fraction of sp³-hybridized carbons (Fsp3) is 0.571. The Hall–Kier alpha value is -0.860. The lowest BCUT2D eigenvalue weighted by Gasteiger charge is -2.16. The van der Waals surface area contributed by atoms with Crippen molar-refractivity contribution in [3.05, 3.63) is 35.9 Å². The van der Waals surface area contributed by atoms with Crippen LogP contribution in [0.5, 0.6) is 0 Å². The van der Waals surface area contributed by atoms with E-state index in [0.717, 1.165) is 26.1 Å². The Bertz CT molecular complexity index is 261. The quantitative estimate of drug-likeness (QED) is 0.681. The number of hydrogen-bond acceptors (Lipinski definition) is 2. The van der Waals surface area contributed by atoms with Crippen LogP contribution in [0.4, 0.5) is 0 Å². The lowest BCUT2D eigenvalue weighted by molar-refractivity contribution is 0.122. The van der Waals surface area contributed by atoms with Crippen molar-refractivity contribution in [3.63, 3.8) is 0 Å². The highest BCUT2D eigenvalue weighted by Crippen LogP contribution is 2.15. The molecule has 1 atom stereocenters. The van der Waals surface area contributed by atoms with Gasteiger partial charge >= 0.3 is 0 Å². The van der Waals surface area contributed by atoms with Gasteiger partial charge in [0.15, 0.2) is 0 Å². The van der Waals surface area contributed by atoms with Crippen molar-refractivity contribution in [2.45, 2.75) is 32.2 Å². The summed E-state index contributed by atoms with van der Waals surface area (Å²) in [6.45, 7) is 3.91. The molecule has 0 fully saturated rings. The monoisotopic (exact) mass is 221 g/mol. The van der Waals surface area contributed by atoms with Gasteiger partial charge in [0.1, 0.15) is 0 Å². The van der Waals surface area contributed by atoms with Crippen molar-refractivity contribution in [3.8, 4) is 0 Å². The van der Waals surface area contributed by atoms with Gasteiger partial charge in [-0.1, -0.05) is 43.7 Å². The highest BCUT2D eigenvalue weighted by Gasteiger charge is 2.07. The molecule has 0 heterocycles. The van der Waals surface area contributed by atoms with E-state index in [1.165, 1.54) is 12.0 Å². The molecule has 1 N–H and O–H groups in total. The molecule has 2 heteroatoms. The van der Waals surface area contributed by atoms with E-state index in [9.17, 15) is 0 Å². The number of unbranched alkanes of at least 4 members (excludes halogenated alkanes) is 1. The van der Waals surface area contributed by atoms with Crippen molar-refractivity contribution in [1.29, 1.82) is 0 Å². The molecule has 0 aliphatic heterocycles. The van der Waals surface area contributed by atoms with Gasteiger partial charge in [0, 0.05) is 19.3 Å². The molecule has 0 spiro atoms. The third-order valence-electron chi connectivity index (χ3n) is 2.74. The van der Waals surface area contributed by atoms with Gasteiger partial charge in [0.25, 0.3) is 0 Å². The molecule has 90 valence electrons. The zero-order chi connectivity index (χ0) is 11.6. The third-order valence-corrected chi connectivity index (χ3v) is 2.74. The van der Waals surface area contributed by atoms with Crippen LogP contribution in [0.3, 0.4) is 0 Å². The van der Waals surface area contributed by atoms with Crippen LogP contribution in [0.1, 0.15) is 37.8 Å². The summed E-state index contributed by atoms with van der Waals surface area (Å²) < 4.78 is 5.59. The maximum absolute atomic E-state index is 5.59. The zero-order valence-electron chi connectivity index (χ0n) is 10.4. The second-order valence-corrected chi connectivity index (χ2v) is 4.01. The number of nitrogens with one attached hydrogen (secondary N) is 1. The topological polar surface area (TPSA) is 21.3 Å². The molecule has 0 aliphatic rings. The molecule has 1 unspecified atom stereocenters. The molecule has 0 amide bonds. The van der Waals surface area contributed by atoms with Gasteiger partial charge in [-0.2, -0.15) is 0 Å². The molecule has 1 aromatic rings. The molecular weight excluding hydrogens is 198 g/mol. The minimum Gasteiger partial charge on any atom is -0.381 e. The molecule has 16 heavy (non-hydrogen) atoms. The molecule has 0 aliphatic carbocycles. The number of rotatable bonds is 8. The van der Waals surface area contributed by atoms with Crippen LogP contribution in [0.2, 0.25) is 0 Å². The normalized spacial score (nSPS) is 12.6.